The molecule has 2 aliphatic heterocycles. The van der Waals surface area contributed by atoms with Crippen LogP contribution in [0.5, 0.6) is 0 Å². The highest BCUT2D eigenvalue weighted by Crippen LogP contribution is 2.37. The maximum absolute atomic E-state index is 11.8. The average molecular weight is 255 g/mol. The molecule has 0 aliphatic carbocycles. The predicted molar refractivity (Wildman–Crippen MR) is 73.0 cm³/mol. The van der Waals surface area contributed by atoms with Crippen molar-refractivity contribution in [3.05, 3.63) is 28.8 Å². The maximum atomic E-state index is 11.8. The minimum Gasteiger partial charge on any atom is -0.385 e. The Morgan fingerprint density at radius 3 is 3.00 bits per heavy atom. The minimum atomic E-state index is 0.169. The van der Waals surface area contributed by atoms with Gasteiger partial charge in [-0.25, -0.2) is 0 Å². The smallest absolute Gasteiger partial charge is 0.223 e. The Morgan fingerprint density at radius 1 is 1.47 bits per heavy atom. The molecule has 0 saturated carbocycles. The number of likely N-dealkylation sites (N-methyl/N-ethyl adjacent to an activating group) is 1. The van der Waals surface area contributed by atoms with E-state index in [-0.39, 0.29) is 11.8 Å². The number of likely N-dealkylation sites (tertiary alicyclic amines) is 1. The fourth-order valence-electron chi connectivity index (χ4n) is 3.21. The molecular weight excluding hydrogens is 238 g/mol. The summed E-state index contributed by atoms with van der Waals surface area (Å²) < 4.78 is 0. The normalized spacial score (nSPS) is 21.8. The molecule has 1 amide bonds. The zero-order valence-electron chi connectivity index (χ0n) is 11.1. The van der Waals surface area contributed by atoms with Gasteiger partial charge >= 0.3 is 0 Å². The van der Waals surface area contributed by atoms with E-state index in [1.54, 1.807) is 4.90 Å². The number of hydrogen-bond acceptors (Lipinski definition) is 3. The van der Waals surface area contributed by atoms with Crippen molar-refractivity contribution in [3.8, 4) is 6.07 Å². The van der Waals surface area contributed by atoms with Crippen LogP contribution in [0.2, 0.25) is 0 Å². The number of nitrogens with zero attached hydrogens (tertiary/aromatic N) is 2. The molecule has 0 bridgehead atoms. The number of nitriles is 1. The number of carbonyl (C=O) groups is 1. The highest BCUT2D eigenvalue weighted by Gasteiger charge is 2.32. The summed E-state index contributed by atoms with van der Waals surface area (Å²) in [6.45, 7) is 1.71. The third-order valence-electron chi connectivity index (χ3n) is 4.15. The molecule has 19 heavy (non-hydrogen) atoms. The van der Waals surface area contributed by atoms with E-state index < -0.39 is 0 Å². The second kappa shape index (κ2) is 4.58. The van der Waals surface area contributed by atoms with E-state index in [1.807, 2.05) is 19.2 Å². The van der Waals surface area contributed by atoms with Crippen LogP contribution in [0.4, 0.5) is 5.69 Å². The van der Waals surface area contributed by atoms with Gasteiger partial charge in [0.1, 0.15) is 0 Å². The molecule has 2 aliphatic rings. The Kier molecular flexibility index (Phi) is 2.90. The summed E-state index contributed by atoms with van der Waals surface area (Å²) in [5, 5.41) is 12.7. The largest absolute Gasteiger partial charge is 0.385 e. The summed E-state index contributed by atoms with van der Waals surface area (Å²) in [5.41, 5.74) is 4.22. The second-order valence-corrected chi connectivity index (χ2v) is 5.37. The van der Waals surface area contributed by atoms with Crippen molar-refractivity contribution in [1.82, 2.24) is 4.90 Å². The van der Waals surface area contributed by atoms with Gasteiger partial charge in [-0.2, -0.15) is 5.26 Å². The quantitative estimate of drug-likeness (QED) is 0.833. The summed E-state index contributed by atoms with van der Waals surface area (Å²) in [5.74, 6) is 0.345. The Hall–Kier alpha value is -2.02. The van der Waals surface area contributed by atoms with Crippen LogP contribution in [0.3, 0.4) is 0 Å². The highest BCUT2D eigenvalue weighted by molar-refractivity contribution is 5.80. The summed E-state index contributed by atoms with van der Waals surface area (Å²) in [4.78, 5) is 13.5. The topological polar surface area (TPSA) is 56.1 Å². The van der Waals surface area contributed by atoms with Crippen molar-refractivity contribution in [2.24, 2.45) is 0 Å². The van der Waals surface area contributed by atoms with Crippen LogP contribution in [0.15, 0.2) is 12.1 Å². The summed E-state index contributed by atoms with van der Waals surface area (Å²) in [6.07, 6.45) is 2.62. The van der Waals surface area contributed by atoms with E-state index in [0.717, 1.165) is 42.7 Å². The minimum absolute atomic E-state index is 0.169. The first-order valence-corrected chi connectivity index (χ1v) is 6.74. The van der Waals surface area contributed by atoms with E-state index in [1.165, 1.54) is 5.56 Å². The molecule has 4 heteroatoms. The first-order valence-electron chi connectivity index (χ1n) is 6.74. The van der Waals surface area contributed by atoms with E-state index >= 15 is 0 Å². The van der Waals surface area contributed by atoms with Crippen LogP contribution >= 0.6 is 0 Å². The molecule has 4 nitrogen and oxygen atoms in total. The van der Waals surface area contributed by atoms with Crippen LogP contribution in [0.25, 0.3) is 0 Å². The number of rotatable bonds is 1. The lowest BCUT2D eigenvalue weighted by Crippen LogP contribution is -2.20. The number of benzene rings is 1. The van der Waals surface area contributed by atoms with E-state index in [9.17, 15) is 10.1 Å². The van der Waals surface area contributed by atoms with Gasteiger partial charge in [0.15, 0.2) is 0 Å². The molecular formula is C15H17N3O. The number of carbonyl (C=O) groups excluding carboxylic acids is 1. The molecule has 0 unspecified atom stereocenters. The van der Waals surface area contributed by atoms with Gasteiger partial charge in [-0.1, -0.05) is 0 Å². The summed E-state index contributed by atoms with van der Waals surface area (Å²) >= 11 is 0. The van der Waals surface area contributed by atoms with E-state index in [4.69, 9.17) is 0 Å². The molecule has 1 fully saturated rings. The number of anilines is 1. The molecule has 1 aromatic rings. The average Bonchev–Trinajstić information content (AvgIpc) is 2.77. The van der Waals surface area contributed by atoms with Crippen LogP contribution in [0.1, 0.15) is 35.4 Å². The molecule has 1 N–H and O–H groups in total. The van der Waals surface area contributed by atoms with Crippen LogP contribution in [0, 0.1) is 11.3 Å². The number of fused-ring (bicyclic) bond motifs is 1. The zero-order valence-corrected chi connectivity index (χ0v) is 11.1. The molecule has 1 aromatic carbocycles. The van der Waals surface area contributed by atoms with Crippen molar-refractivity contribution >= 4 is 11.6 Å². The SMILES string of the molecule is CN1C[C@@H](c2c(C#N)ccc3c2CCCN3)CC1=O. The lowest BCUT2D eigenvalue weighted by molar-refractivity contribution is -0.126. The summed E-state index contributed by atoms with van der Waals surface area (Å²) in [7, 11) is 1.84. The third-order valence-corrected chi connectivity index (χ3v) is 4.15. The van der Waals surface area contributed by atoms with Crippen LogP contribution in [-0.4, -0.2) is 30.9 Å². The summed E-state index contributed by atoms with van der Waals surface area (Å²) in [6, 6.07) is 6.18. The van der Waals surface area contributed by atoms with Gasteiger partial charge < -0.3 is 10.2 Å². The van der Waals surface area contributed by atoms with Gasteiger partial charge in [-0.15, -0.1) is 0 Å². The van der Waals surface area contributed by atoms with Crippen molar-refractivity contribution in [1.29, 1.82) is 5.26 Å². The first kappa shape index (κ1) is 12.0. The van der Waals surface area contributed by atoms with E-state index in [0.29, 0.717) is 6.42 Å². The molecule has 98 valence electrons. The highest BCUT2D eigenvalue weighted by atomic mass is 16.2. The monoisotopic (exact) mass is 255 g/mol. The van der Waals surface area contributed by atoms with Crippen molar-refractivity contribution in [2.45, 2.75) is 25.2 Å². The third kappa shape index (κ3) is 1.95. The molecule has 0 aromatic heterocycles. The second-order valence-electron chi connectivity index (χ2n) is 5.37. The maximum Gasteiger partial charge on any atom is 0.223 e. The Balaban J connectivity index is 2.08. The fraction of sp³-hybridized carbons (Fsp3) is 0.467. The van der Waals surface area contributed by atoms with Gasteiger partial charge in [0, 0.05) is 38.2 Å². The lowest BCUT2D eigenvalue weighted by atomic mass is 9.85. The van der Waals surface area contributed by atoms with E-state index in [2.05, 4.69) is 11.4 Å². The molecule has 2 heterocycles. The fourth-order valence-corrected chi connectivity index (χ4v) is 3.21. The van der Waals surface area contributed by atoms with Crippen molar-refractivity contribution in [2.75, 3.05) is 25.5 Å². The van der Waals surface area contributed by atoms with Crippen LogP contribution in [-0.2, 0) is 11.2 Å². The molecule has 1 saturated heterocycles. The Bertz CT molecular complexity index is 573. The van der Waals surface area contributed by atoms with Gasteiger partial charge in [0.25, 0.3) is 0 Å². The zero-order chi connectivity index (χ0) is 13.4. The van der Waals surface area contributed by atoms with Gasteiger partial charge in [-0.3, -0.25) is 4.79 Å². The van der Waals surface area contributed by atoms with Crippen LogP contribution < -0.4 is 5.32 Å². The lowest BCUT2D eigenvalue weighted by Gasteiger charge is -2.24. The predicted octanol–water partition coefficient (Wildman–Crippen LogP) is 1.86. The van der Waals surface area contributed by atoms with Gasteiger partial charge in [0.05, 0.1) is 11.6 Å². The standard InChI is InChI=1S/C15H17N3O/c1-18-9-11(7-14(18)19)15-10(8-16)4-5-13-12(15)3-2-6-17-13/h4-5,11,17H,2-3,6-7,9H2,1H3/t11-/m0/s1. The first-order chi connectivity index (χ1) is 9.20. The number of hydrogen-bond donors (Lipinski definition) is 1. The Labute approximate surface area is 113 Å². The number of nitrogens with one attached hydrogen (secondary N) is 1. The molecule has 3 rings (SSSR count). The number of amides is 1. The van der Waals surface area contributed by atoms with Gasteiger partial charge in [-0.05, 0) is 36.1 Å². The molecule has 0 radical (unpaired) electrons. The molecule has 1 atom stereocenters. The Morgan fingerprint density at radius 2 is 2.32 bits per heavy atom. The van der Waals surface area contributed by atoms with Crippen molar-refractivity contribution in [3.63, 3.8) is 0 Å². The molecule has 0 spiro atoms. The van der Waals surface area contributed by atoms with Crippen molar-refractivity contribution < 1.29 is 4.79 Å². The van der Waals surface area contributed by atoms with Gasteiger partial charge in [0.2, 0.25) is 5.91 Å².